The van der Waals surface area contributed by atoms with Crippen LogP contribution in [0.25, 0.3) is 0 Å². The van der Waals surface area contributed by atoms with E-state index in [1.165, 1.54) is 0 Å². The standard InChI is InChI=1S/C15H23ClN2O/c1-4-18(11-15(2,3)10-17)14(19)9-12-6-5-7-13(16)8-12/h5-8H,4,9-11,17H2,1-3H3. The van der Waals surface area contributed by atoms with E-state index in [0.29, 0.717) is 31.1 Å². The Balaban J connectivity index is 2.69. The number of hydrogen-bond donors (Lipinski definition) is 1. The third-order valence-corrected chi connectivity index (χ3v) is 3.39. The molecule has 0 heterocycles. The number of halogens is 1. The number of rotatable bonds is 6. The van der Waals surface area contributed by atoms with Crippen LogP contribution in [-0.2, 0) is 11.2 Å². The Labute approximate surface area is 120 Å². The Morgan fingerprint density at radius 1 is 1.42 bits per heavy atom. The van der Waals surface area contributed by atoms with E-state index >= 15 is 0 Å². The van der Waals surface area contributed by atoms with Crippen LogP contribution >= 0.6 is 11.6 Å². The maximum atomic E-state index is 12.3. The van der Waals surface area contributed by atoms with Crippen LogP contribution in [0.4, 0.5) is 0 Å². The number of benzene rings is 1. The lowest BCUT2D eigenvalue weighted by molar-refractivity contribution is -0.131. The minimum Gasteiger partial charge on any atom is -0.342 e. The maximum absolute atomic E-state index is 12.3. The zero-order chi connectivity index (χ0) is 14.5. The minimum atomic E-state index is -0.0556. The first-order valence-corrected chi connectivity index (χ1v) is 6.98. The van der Waals surface area contributed by atoms with Crippen LogP contribution in [0.3, 0.4) is 0 Å². The highest BCUT2D eigenvalue weighted by atomic mass is 35.5. The van der Waals surface area contributed by atoms with Crippen LogP contribution in [0, 0.1) is 5.41 Å². The molecular formula is C15H23ClN2O. The van der Waals surface area contributed by atoms with E-state index in [-0.39, 0.29) is 11.3 Å². The molecule has 0 aliphatic heterocycles. The summed E-state index contributed by atoms with van der Waals surface area (Å²) in [5.74, 6) is 0.117. The van der Waals surface area contributed by atoms with Crippen LogP contribution in [0.1, 0.15) is 26.3 Å². The molecule has 0 fully saturated rings. The lowest BCUT2D eigenvalue weighted by Gasteiger charge is -2.31. The van der Waals surface area contributed by atoms with Gasteiger partial charge in [-0.3, -0.25) is 4.79 Å². The summed E-state index contributed by atoms with van der Waals surface area (Å²) in [4.78, 5) is 14.1. The van der Waals surface area contributed by atoms with Crippen LogP contribution in [0.15, 0.2) is 24.3 Å². The van der Waals surface area contributed by atoms with Gasteiger partial charge in [0.2, 0.25) is 5.91 Å². The molecule has 19 heavy (non-hydrogen) atoms. The van der Waals surface area contributed by atoms with Crippen LogP contribution in [0.2, 0.25) is 5.02 Å². The van der Waals surface area contributed by atoms with E-state index in [2.05, 4.69) is 13.8 Å². The fourth-order valence-corrected chi connectivity index (χ4v) is 2.10. The number of nitrogens with zero attached hydrogens (tertiary/aromatic N) is 1. The highest BCUT2D eigenvalue weighted by Crippen LogP contribution is 2.17. The molecule has 0 unspecified atom stereocenters. The molecule has 106 valence electrons. The van der Waals surface area contributed by atoms with Crippen LogP contribution in [-0.4, -0.2) is 30.4 Å². The van der Waals surface area contributed by atoms with Crippen molar-refractivity contribution in [1.29, 1.82) is 0 Å². The Hall–Kier alpha value is -1.06. The number of carbonyl (C=O) groups excluding carboxylic acids is 1. The molecule has 2 N–H and O–H groups in total. The fraction of sp³-hybridized carbons (Fsp3) is 0.533. The van der Waals surface area contributed by atoms with Crippen molar-refractivity contribution in [2.45, 2.75) is 27.2 Å². The molecule has 0 radical (unpaired) electrons. The van der Waals surface area contributed by atoms with E-state index in [9.17, 15) is 4.79 Å². The van der Waals surface area contributed by atoms with Crippen molar-refractivity contribution in [2.24, 2.45) is 11.1 Å². The van der Waals surface area contributed by atoms with Crippen LogP contribution < -0.4 is 5.73 Å². The summed E-state index contributed by atoms with van der Waals surface area (Å²) in [6.45, 7) is 8.07. The monoisotopic (exact) mass is 282 g/mol. The topological polar surface area (TPSA) is 46.3 Å². The number of carbonyl (C=O) groups is 1. The predicted molar refractivity (Wildman–Crippen MR) is 80.2 cm³/mol. The molecule has 0 saturated carbocycles. The smallest absolute Gasteiger partial charge is 0.226 e. The molecule has 1 aromatic rings. The Morgan fingerprint density at radius 3 is 2.63 bits per heavy atom. The first kappa shape index (κ1) is 16.0. The molecule has 0 spiro atoms. The lowest BCUT2D eigenvalue weighted by atomic mass is 9.93. The number of hydrogen-bond acceptors (Lipinski definition) is 2. The largest absolute Gasteiger partial charge is 0.342 e. The zero-order valence-electron chi connectivity index (χ0n) is 11.9. The normalized spacial score (nSPS) is 11.4. The molecule has 0 bridgehead atoms. The van der Waals surface area contributed by atoms with Crippen molar-refractivity contribution in [3.8, 4) is 0 Å². The second-order valence-corrected chi connectivity index (χ2v) is 6.02. The summed E-state index contributed by atoms with van der Waals surface area (Å²) in [6, 6.07) is 7.43. The average molecular weight is 283 g/mol. The van der Waals surface area contributed by atoms with Gasteiger partial charge in [0.05, 0.1) is 6.42 Å². The molecule has 0 aromatic heterocycles. The van der Waals surface area contributed by atoms with Gasteiger partial charge in [-0.25, -0.2) is 0 Å². The van der Waals surface area contributed by atoms with E-state index in [4.69, 9.17) is 17.3 Å². The van der Waals surface area contributed by atoms with Crippen molar-refractivity contribution in [3.05, 3.63) is 34.9 Å². The quantitative estimate of drug-likeness (QED) is 0.872. The molecule has 0 saturated heterocycles. The fourth-order valence-electron chi connectivity index (χ4n) is 1.89. The third-order valence-electron chi connectivity index (χ3n) is 3.15. The van der Waals surface area contributed by atoms with Gasteiger partial charge < -0.3 is 10.6 Å². The van der Waals surface area contributed by atoms with Crippen LogP contribution in [0.5, 0.6) is 0 Å². The van der Waals surface area contributed by atoms with Crippen molar-refractivity contribution >= 4 is 17.5 Å². The van der Waals surface area contributed by atoms with E-state index in [1.54, 1.807) is 0 Å². The molecule has 4 heteroatoms. The van der Waals surface area contributed by atoms with Crippen molar-refractivity contribution in [2.75, 3.05) is 19.6 Å². The van der Waals surface area contributed by atoms with Gasteiger partial charge in [-0.05, 0) is 36.6 Å². The summed E-state index contributed by atoms with van der Waals surface area (Å²) >= 11 is 5.93. The average Bonchev–Trinajstić information content (AvgIpc) is 2.36. The molecular weight excluding hydrogens is 260 g/mol. The molecule has 1 rings (SSSR count). The molecule has 1 aromatic carbocycles. The van der Waals surface area contributed by atoms with Gasteiger partial charge in [0, 0.05) is 18.1 Å². The lowest BCUT2D eigenvalue weighted by Crippen LogP contribution is -2.42. The number of likely N-dealkylation sites (N-methyl/N-ethyl adjacent to an activating group) is 1. The number of nitrogens with two attached hydrogens (primary N) is 1. The Morgan fingerprint density at radius 2 is 2.11 bits per heavy atom. The maximum Gasteiger partial charge on any atom is 0.226 e. The highest BCUT2D eigenvalue weighted by molar-refractivity contribution is 6.30. The summed E-state index contributed by atoms with van der Waals surface area (Å²) in [7, 11) is 0. The molecule has 3 nitrogen and oxygen atoms in total. The Kier molecular flexibility index (Phi) is 5.83. The summed E-state index contributed by atoms with van der Waals surface area (Å²) in [5.41, 5.74) is 6.62. The highest BCUT2D eigenvalue weighted by Gasteiger charge is 2.22. The summed E-state index contributed by atoms with van der Waals surface area (Å²) in [6.07, 6.45) is 0.384. The SMILES string of the molecule is CCN(CC(C)(C)CN)C(=O)Cc1cccc(Cl)c1. The summed E-state index contributed by atoms with van der Waals surface area (Å²) in [5, 5.41) is 0.663. The third kappa shape index (κ3) is 5.21. The van der Waals surface area contributed by atoms with Gasteiger partial charge in [0.15, 0.2) is 0 Å². The first-order chi connectivity index (χ1) is 8.88. The van der Waals surface area contributed by atoms with Gasteiger partial charge >= 0.3 is 0 Å². The molecule has 1 amide bonds. The molecule has 0 aliphatic rings. The zero-order valence-corrected chi connectivity index (χ0v) is 12.7. The molecule has 0 aliphatic carbocycles. The van der Waals surface area contributed by atoms with Gasteiger partial charge in [-0.15, -0.1) is 0 Å². The van der Waals surface area contributed by atoms with Gasteiger partial charge in [-0.2, -0.15) is 0 Å². The van der Waals surface area contributed by atoms with Gasteiger partial charge in [0.25, 0.3) is 0 Å². The van der Waals surface area contributed by atoms with E-state index in [0.717, 1.165) is 5.56 Å². The van der Waals surface area contributed by atoms with Gasteiger partial charge in [0.1, 0.15) is 0 Å². The summed E-state index contributed by atoms with van der Waals surface area (Å²) < 4.78 is 0. The van der Waals surface area contributed by atoms with Crippen molar-refractivity contribution in [1.82, 2.24) is 4.90 Å². The van der Waals surface area contributed by atoms with Crippen molar-refractivity contribution in [3.63, 3.8) is 0 Å². The number of amides is 1. The van der Waals surface area contributed by atoms with E-state index < -0.39 is 0 Å². The minimum absolute atomic E-state index is 0.0556. The second-order valence-electron chi connectivity index (χ2n) is 5.58. The Bertz CT molecular complexity index is 432. The predicted octanol–water partition coefficient (Wildman–Crippen LogP) is 2.72. The van der Waals surface area contributed by atoms with E-state index in [1.807, 2.05) is 36.1 Å². The first-order valence-electron chi connectivity index (χ1n) is 6.60. The van der Waals surface area contributed by atoms with Crippen molar-refractivity contribution < 1.29 is 4.79 Å². The molecule has 0 atom stereocenters. The van der Waals surface area contributed by atoms with Gasteiger partial charge in [-0.1, -0.05) is 37.6 Å². The second kappa shape index (κ2) is 6.92.